The minimum atomic E-state index is 0. The van der Waals surface area contributed by atoms with Gasteiger partial charge in [0.25, 0.3) is 0 Å². The summed E-state index contributed by atoms with van der Waals surface area (Å²) in [5, 5.41) is 16.6. The number of aryl methyl sites for hydroxylation is 1. The van der Waals surface area contributed by atoms with Gasteiger partial charge >= 0.3 is 0 Å². The van der Waals surface area contributed by atoms with Gasteiger partial charge in [-0.05, 0) is 53.2 Å². The molecule has 1 fully saturated rings. The first-order valence-electron chi connectivity index (χ1n) is 9.49. The van der Waals surface area contributed by atoms with E-state index in [-0.39, 0.29) is 29.5 Å². The van der Waals surface area contributed by atoms with Gasteiger partial charge < -0.3 is 15.2 Å². The van der Waals surface area contributed by atoms with E-state index in [4.69, 9.17) is 4.99 Å². The monoisotopic (exact) mass is 494 g/mol. The largest absolute Gasteiger partial charge is 0.357 e. The molecule has 0 aliphatic heterocycles. The van der Waals surface area contributed by atoms with Crippen LogP contribution in [0.2, 0.25) is 0 Å². The summed E-state index contributed by atoms with van der Waals surface area (Å²) in [4.78, 5) is 4.70. The number of hydrogen-bond donors (Lipinski definition) is 2. The molecule has 8 heteroatoms. The highest BCUT2D eigenvalue weighted by atomic mass is 127. The fourth-order valence-corrected chi connectivity index (χ4v) is 3.81. The van der Waals surface area contributed by atoms with Gasteiger partial charge in [0.1, 0.15) is 5.82 Å². The number of thioether (sulfide) groups is 1. The lowest BCUT2D eigenvalue weighted by Crippen LogP contribution is -2.47. The number of aliphatic imine (C=N–C) groups is 1. The second-order valence-electron chi connectivity index (χ2n) is 7.65. The van der Waals surface area contributed by atoms with E-state index in [1.54, 1.807) is 11.8 Å². The van der Waals surface area contributed by atoms with E-state index in [1.165, 1.54) is 25.7 Å². The normalized spacial score (nSPS) is 15.8. The number of guanidine groups is 1. The molecule has 1 aromatic heterocycles. The topological polar surface area (TPSA) is 67.1 Å². The molecule has 1 saturated carbocycles. The molecule has 0 unspecified atom stereocenters. The van der Waals surface area contributed by atoms with Crippen LogP contribution < -0.4 is 10.6 Å². The van der Waals surface area contributed by atoms with Gasteiger partial charge in [0.2, 0.25) is 0 Å². The lowest BCUT2D eigenvalue weighted by molar-refractivity contribution is 0.461. The SMILES string of the molecule is CCNC(=NCCCc1nnc(SC)n1C1CCCC1)NC(C)(C)C.I. The fraction of sp³-hybridized carbons (Fsp3) is 0.833. The minimum Gasteiger partial charge on any atom is -0.357 e. The smallest absolute Gasteiger partial charge is 0.191 e. The zero-order valence-corrected chi connectivity index (χ0v) is 20.0. The summed E-state index contributed by atoms with van der Waals surface area (Å²) in [6.07, 6.45) is 9.18. The van der Waals surface area contributed by atoms with E-state index in [0.717, 1.165) is 42.9 Å². The van der Waals surface area contributed by atoms with Crippen molar-refractivity contribution in [1.82, 2.24) is 25.4 Å². The van der Waals surface area contributed by atoms with Gasteiger partial charge in [-0.1, -0.05) is 24.6 Å². The molecule has 0 bridgehead atoms. The Morgan fingerprint density at radius 1 is 1.27 bits per heavy atom. The molecule has 0 atom stereocenters. The molecule has 0 aromatic carbocycles. The first kappa shape index (κ1) is 23.5. The standard InChI is InChI=1S/C18H34N6S.HI/c1-6-19-16(21-18(2,3)4)20-13-9-12-15-22-23-17(25-5)24(15)14-10-7-8-11-14;/h14H,6-13H2,1-5H3,(H2,19,20,21);1H. The molecule has 0 amide bonds. The predicted octanol–water partition coefficient (Wildman–Crippen LogP) is 4.02. The Kier molecular flexibility index (Phi) is 10.3. The van der Waals surface area contributed by atoms with Crippen LogP contribution in [0, 0.1) is 0 Å². The molecule has 0 spiro atoms. The molecule has 0 saturated heterocycles. The third-order valence-corrected chi connectivity index (χ3v) is 4.92. The Morgan fingerprint density at radius 2 is 1.96 bits per heavy atom. The number of halogens is 1. The Morgan fingerprint density at radius 3 is 2.54 bits per heavy atom. The van der Waals surface area contributed by atoms with Crippen molar-refractivity contribution in [3.63, 3.8) is 0 Å². The number of rotatable bonds is 7. The van der Waals surface area contributed by atoms with Crippen molar-refractivity contribution in [3.8, 4) is 0 Å². The third-order valence-electron chi connectivity index (χ3n) is 4.27. The molecule has 1 aliphatic rings. The van der Waals surface area contributed by atoms with Crippen molar-refractivity contribution >= 4 is 41.7 Å². The van der Waals surface area contributed by atoms with Crippen LogP contribution in [0.15, 0.2) is 10.1 Å². The average Bonchev–Trinajstić information content (AvgIpc) is 3.18. The molecular weight excluding hydrogens is 459 g/mol. The first-order valence-corrected chi connectivity index (χ1v) is 10.7. The Hall–Kier alpha value is -0.510. The van der Waals surface area contributed by atoms with Crippen LogP contribution in [0.1, 0.15) is 71.7 Å². The van der Waals surface area contributed by atoms with Gasteiger partial charge in [0.15, 0.2) is 11.1 Å². The second kappa shape index (κ2) is 11.4. The van der Waals surface area contributed by atoms with E-state index in [1.807, 2.05) is 0 Å². The van der Waals surface area contributed by atoms with Gasteiger partial charge in [-0.3, -0.25) is 4.99 Å². The van der Waals surface area contributed by atoms with Crippen LogP contribution in [0.4, 0.5) is 0 Å². The van der Waals surface area contributed by atoms with Crippen LogP contribution in [0.25, 0.3) is 0 Å². The molecule has 150 valence electrons. The molecule has 26 heavy (non-hydrogen) atoms. The number of nitrogens with zero attached hydrogens (tertiary/aromatic N) is 4. The predicted molar refractivity (Wildman–Crippen MR) is 122 cm³/mol. The maximum Gasteiger partial charge on any atom is 0.191 e. The lowest BCUT2D eigenvalue weighted by Gasteiger charge is -2.23. The fourth-order valence-electron chi connectivity index (χ4n) is 3.24. The average molecular weight is 494 g/mol. The molecular formula is C18H35IN6S. The molecule has 2 N–H and O–H groups in total. The van der Waals surface area contributed by atoms with Crippen LogP contribution in [-0.4, -0.2) is 45.6 Å². The summed E-state index contributed by atoms with van der Waals surface area (Å²) in [5.74, 6) is 2.01. The number of hydrogen-bond acceptors (Lipinski definition) is 4. The Labute approximate surface area is 179 Å². The maximum atomic E-state index is 4.70. The van der Waals surface area contributed by atoms with Crippen LogP contribution in [0.3, 0.4) is 0 Å². The van der Waals surface area contributed by atoms with E-state index in [9.17, 15) is 0 Å². The zero-order valence-electron chi connectivity index (χ0n) is 16.8. The van der Waals surface area contributed by atoms with E-state index in [2.05, 4.69) is 59.3 Å². The third kappa shape index (κ3) is 7.25. The lowest BCUT2D eigenvalue weighted by atomic mass is 10.1. The quantitative estimate of drug-likeness (QED) is 0.197. The van der Waals surface area contributed by atoms with Crippen LogP contribution >= 0.6 is 35.7 Å². The van der Waals surface area contributed by atoms with E-state index >= 15 is 0 Å². The Balaban J connectivity index is 0.00000338. The molecule has 1 aliphatic carbocycles. The van der Waals surface area contributed by atoms with Crippen LogP contribution in [0.5, 0.6) is 0 Å². The van der Waals surface area contributed by atoms with Crippen molar-refractivity contribution in [2.75, 3.05) is 19.3 Å². The highest BCUT2D eigenvalue weighted by molar-refractivity contribution is 14.0. The first-order chi connectivity index (χ1) is 11.9. The molecule has 2 rings (SSSR count). The maximum absolute atomic E-state index is 4.70. The van der Waals surface area contributed by atoms with E-state index in [0.29, 0.717) is 6.04 Å². The summed E-state index contributed by atoms with van der Waals surface area (Å²) in [6.45, 7) is 10.2. The van der Waals surface area contributed by atoms with Crippen molar-refractivity contribution in [2.24, 2.45) is 4.99 Å². The van der Waals surface area contributed by atoms with Crippen LogP contribution in [-0.2, 0) is 6.42 Å². The molecule has 6 nitrogen and oxygen atoms in total. The Bertz CT molecular complexity index is 561. The van der Waals surface area contributed by atoms with E-state index < -0.39 is 0 Å². The summed E-state index contributed by atoms with van der Waals surface area (Å²) >= 11 is 1.70. The molecule has 1 aromatic rings. The highest BCUT2D eigenvalue weighted by Crippen LogP contribution is 2.33. The van der Waals surface area contributed by atoms with Crippen molar-refractivity contribution < 1.29 is 0 Å². The number of aromatic nitrogens is 3. The highest BCUT2D eigenvalue weighted by Gasteiger charge is 2.23. The minimum absolute atomic E-state index is 0. The van der Waals surface area contributed by atoms with Gasteiger partial charge in [-0.25, -0.2) is 0 Å². The zero-order chi connectivity index (χ0) is 18.3. The molecule has 0 radical (unpaired) electrons. The summed E-state index contributed by atoms with van der Waals surface area (Å²) in [5.41, 5.74) is 0.0108. The van der Waals surface area contributed by atoms with Gasteiger partial charge in [0.05, 0.1) is 0 Å². The van der Waals surface area contributed by atoms with Crippen molar-refractivity contribution in [2.45, 2.75) is 83.0 Å². The second-order valence-corrected chi connectivity index (χ2v) is 8.42. The van der Waals surface area contributed by atoms with Crippen molar-refractivity contribution in [1.29, 1.82) is 0 Å². The van der Waals surface area contributed by atoms with Crippen molar-refractivity contribution in [3.05, 3.63) is 5.82 Å². The molecule has 1 heterocycles. The summed E-state index contributed by atoms with van der Waals surface area (Å²) in [6, 6.07) is 0.593. The number of nitrogens with one attached hydrogen (secondary N) is 2. The summed E-state index contributed by atoms with van der Waals surface area (Å²) < 4.78 is 2.39. The van der Waals surface area contributed by atoms with Gasteiger partial charge in [-0.15, -0.1) is 34.2 Å². The summed E-state index contributed by atoms with van der Waals surface area (Å²) in [7, 11) is 0. The van der Waals surface area contributed by atoms with Gasteiger partial charge in [-0.2, -0.15) is 0 Å². The van der Waals surface area contributed by atoms with Gasteiger partial charge in [0, 0.05) is 31.1 Å².